The van der Waals surface area contributed by atoms with Gasteiger partial charge in [-0.25, -0.2) is 0 Å². The first kappa shape index (κ1) is 18.3. The Bertz CT molecular complexity index is 778. The first-order chi connectivity index (χ1) is 11.4. The molecule has 0 fully saturated rings. The summed E-state index contributed by atoms with van der Waals surface area (Å²) < 4.78 is 30.0. The molecule has 0 heterocycles. The largest absolute Gasteiger partial charge is 0.506 e. The van der Waals surface area contributed by atoms with E-state index in [1.807, 2.05) is 0 Å². The number of carbonyl (C=O) groups excluding carboxylic acids is 1. The molecule has 2 rings (SSSR count). The van der Waals surface area contributed by atoms with Crippen LogP contribution in [0, 0.1) is 0 Å². The van der Waals surface area contributed by atoms with Crippen LogP contribution in [0.3, 0.4) is 0 Å². The Balaban J connectivity index is 2.19. The molecule has 0 aliphatic heterocycles. The fourth-order valence-corrected chi connectivity index (χ4v) is 2.70. The minimum Gasteiger partial charge on any atom is -0.506 e. The van der Waals surface area contributed by atoms with Crippen molar-refractivity contribution in [2.24, 2.45) is 0 Å². The summed E-state index contributed by atoms with van der Waals surface area (Å²) in [5.41, 5.74) is 0.953. The van der Waals surface area contributed by atoms with Crippen molar-refractivity contribution in [1.29, 1.82) is 0 Å². The molecule has 1 N–H and O–H groups in total. The van der Waals surface area contributed by atoms with E-state index in [2.05, 4.69) is 0 Å². The number of methoxy groups -OCH3 is 1. The van der Waals surface area contributed by atoms with E-state index in [9.17, 15) is 18.7 Å². The van der Waals surface area contributed by atoms with Crippen molar-refractivity contribution in [1.82, 2.24) is 0 Å². The lowest BCUT2D eigenvalue weighted by Gasteiger charge is -2.08. The molecule has 0 amide bonds. The van der Waals surface area contributed by atoms with Crippen LogP contribution in [0.5, 0.6) is 11.5 Å². The van der Waals surface area contributed by atoms with Crippen LogP contribution in [-0.4, -0.2) is 23.8 Å². The zero-order valence-electron chi connectivity index (χ0n) is 12.5. The molecule has 0 saturated heterocycles. The van der Waals surface area contributed by atoms with Gasteiger partial charge in [-0.15, -0.1) is 0 Å². The van der Waals surface area contributed by atoms with Crippen molar-refractivity contribution in [3.05, 3.63) is 58.6 Å². The van der Waals surface area contributed by atoms with E-state index in [0.29, 0.717) is 22.9 Å². The van der Waals surface area contributed by atoms with Crippen LogP contribution in [0.2, 0.25) is 5.02 Å². The number of carbonyl (C=O) groups is 1. The van der Waals surface area contributed by atoms with Gasteiger partial charge >= 0.3 is 0 Å². The van der Waals surface area contributed by atoms with Gasteiger partial charge in [0.1, 0.15) is 11.5 Å². The molecule has 126 valence electrons. The summed E-state index contributed by atoms with van der Waals surface area (Å²) >= 11 is 6.15. The summed E-state index contributed by atoms with van der Waals surface area (Å²) in [6.45, 7) is 0. The molecule has 0 unspecified atom stereocenters. The molecule has 0 aliphatic rings. The second-order valence-corrected chi connectivity index (χ2v) is 6.09. The average Bonchev–Trinajstić information content (AvgIpc) is 2.55. The van der Waals surface area contributed by atoms with Crippen LogP contribution in [0.1, 0.15) is 15.9 Å². The number of benzene rings is 2. The lowest BCUT2D eigenvalue weighted by molar-refractivity contribution is 0.104. The van der Waals surface area contributed by atoms with Crippen LogP contribution in [0.4, 0.5) is 8.78 Å². The van der Waals surface area contributed by atoms with Gasteiger partial charge in [0.2, 0.25) is 0 Å². The lowest BCUT2D eigenvalue weighted by Crippen LogP contribution is -1.97. The van der Waals surface area contributed by atoms with E-state index in [1.54, 1.807) is 12.1 Å². The van der Waals surface area contributed by atoms with Gasteiger partial charge in [-0.3, -0.25) is 4.79 Å². The topological polar surface area (TPSA) is 46.5 Å². The number of hydrogen-bond acceptors (Lipinski definition) is 4. The number of thioether (sulfide) groups is 1. The fraction of sp³-hybridized carbons (Fsp3) is 0.118. The van der Waals surface area contributed by atoms with Gasteiger partial charge in [-0.1, -0.05) is 35.5 Å². The molecule has 0 spiro atoms. The van der Waals surface area contributed by atoms with Crippen LogP contribution >= 0.6 is 23.4 Å². The molecule has 7 heteroatoms. The van der Waals surface area contributed by atoms with E-state index in [0.717, 1.165) is 0 Å². The molecule has 3 nitrogen and oxygen atoms in total. The third kappa shape index (κ3) is 4.72. The molecule has 24 heavy (non-hydrogen) atoms. The minimum atomic E-state index is -2.57. The van der Waals surface area contributed by atoms with Crippen molar-refractivity contribution in [3.63, 3.8) is 0 Å². The third-order valence-electron chi connectivity index (χ3n) is 3.06. The van der Waals surface area contributed by atoms with Crippen molar-refractivity contribution in [2.45, 2.75) is 10.7 Å². The second-order valence-electron chi connectivity index (χ2n) is 4.65. The van der Waals surface area contributed by atoms with E-state index in [1.165, 1.54) is 43.5 Å². The normalized spacial score (nSPS) is 11.2. The molecule has 0 bridgehead atoms. The zero-order valence-corrected chi connectivity index (χ0v) is 14.1. The summed E-state index contributed by atoms with van der Waals surface area (Å²) in [5.74, 6) is -2.71. The predicted octanol–water partition coefficient (Wildman–Crippen LogP) is 5.27. The number of ether oxygens (including phenoxy) is 1. The molecule has 0 aromatic heterocycles. The van der Waals surface area contributed by atoms with Gasteiger partial charge < -0.3 is 9.84 Å². The molecule has 2 aromatic rings. The Morgan fingerprint density at radius 2 is 2.04 bits per heavy atom. The summed E-state index contributed by atoms with van der Waals surface area (Å²) in [6, 6.07) is 8.85. The molecule has 0 aliphatic carbocycles. The van der Waals surface area contributed by atoms with E-state index in [-0.39, 0.29) is 27.2 Å². The summed E-state index contributed by atoms with van der Waals surface area (Å²) in [7, 11) is 1.35. The SMILES string of the molecule is COc1cc(C(=O)C=Cc2ccc(O)c(Cl)c2)ccc1SC(F)F. The predicted molar refractivity (Wildman–Crippen MR) is 91.3 cm³/mol. The van der Waals surface area contributed by atoms with Gasteiger partial charge in [-0.05, 0) is 42.0 Å². The van der Waals surface area contributed by atoms with Crippen molar-refractivity contribution < 1.29 is 23.4 Å². The Labute approximate surface area is 146 Å². The van der Waals surface area contributed by atoms with Gasteiger partial charge in [0, 0.05) is 5.56 Å². The summed E-state index contributed by atoms with van der Waals surface area (Å²) in [6.07, 6.45) is 2.87. The van der Waals surface area contributed by atoms with Crippen molar-refractivity contribution in [2.75, 3.05) is 7.11 Å². The van der Waals surface area contributed by atoms with Gasteiger partial charge in [0.15, 0.2) is 5.78 Å². The van der Waals surface area contributed by atoms with Crippen molar-refractivity contribution in [3.8, 4) is 11.5 Å². The van der Waals surface area contributed by atoms with Crippen LogP contribution in [0.25, 0.3) is 6.08 Å². The molecular weight excluding hydrogens is 358 g/mol. The molecule has 0 atom stereocenters. The Kier molecular flexibility index (Phi) is 6.23. The highest BCUT2D eigenvalue weighted by Gasteiger charge is 2.13. The van der Waals surface area contributed by atoms with E-state index < -0.39 is 5.76 Å². The highest BCUT2D eigenvalue weighted by atomic mass is 35.5. The number of rotatable bonds is 6. The maximum absolute atomic E-state index is 12.5. The monoisotopic (exact) mass is 370 g/mol. The number of halogens is 3. The maximum Gasteiger partial charge on any atom is 0.289 e. The van der Waals surface area contributed by atoms with Crippen LogP contribution in [-0.2, 0) is 0 Å². The van der Waals surface area contributed by atoms with Gasteiger partial charge in [0.25, 0.3) is 5.76 Å². The van der Waals surface area contributed by atoms with Gasteiger partial charge in [-0.2, -0.15) is 8.78 Å². The molecule has 0 radical (unpaired) electrons. The Hall–Kier alpha value is -2.05. The number of hydrogen-bond donors (Lipinski definition) is 1. The molecule has 2 aromatic carbocycles. The highest BCUT2D eigenvalue weighted by molar-refractivity contribution is 7.99. The number of phenols is 1. The highest BCUT2D eigenvalue weighted by Crippen LogP contribution is 2.34. The van der Waals surface area contributed by atoms with E-state index >= 15 is 0 Å². The number of allylic oxidation sites excluding steroid dienone is 1. The maximum atomic E-state index is 12.5. The van der Waals surface area contributed by atoms with Crippen LogP contribution < -0.4 is 4.74 Å². The van der Waals surface area contributed by atoms with E-state index in [4.69, 9.17) is 16.3 Å². The zero-order chi connectivity index (χ0) is 17.7. The van der Waals surface area contributed by atoms with Crippen LogP contribution in [0.15, 0.2) is 47.4 Å². The number of alkyl halides is 2. The first-order valence-electron chi connectivity index (χ1n) is 6.74. The third-order valence-corrected chi connectivity index (χ3v) is 4.14. The van der Waals surface area contributed by atoms with Crippen molar-refractivity contribution >= 4 is 35.2 Å². The number of phenolic OH excluding ortho intramolecular Hbond substituents is 1. The second kappa shape index (κ2) is 8.17. The van der Waals surface area contributed by atoms with Gasteiger partial charge in [0.05, 0.1) is 17.0 Å². The first-order valence-corrected chi connectivity index (χ1v) is 8.00. The summed E-state index contributed by atoms with van der Waals surface area (Å²) in [4.78, 5) is 12.5. The smallest absolute Gasteiger partial charge is 0.289 e. The number of aromatic hydroxyl groups is 1. The lowest BCUT2D eigenvalue weighted by atomic mass is 10.1. The fourth-order valence-electron chi connectivity index (χ4n) is 1.91. The minimum absolute atomic E-state index is 0.0444. The molecular formula is C17H13ClF2O3S. The Morgan fingerprint density at radius 1 is 1.29 bits per heavy atom. The molecule has 0 saturated carbocycles. The standard InChI is InChI=1S/C17H13ClF2O3S/c1-23-15-9-11(4-7-16(15)24-17(19)20)13(21)5-2-10-3-6-14(22)12(18)8-10/h2-9,17,22H,1H3. The number of ketones is 1. The Morgan fingerprint density at radius 3 is 2.67 bits per heavy atom. The average molecular weight is 371 g/mol. The quantitative estimate of drug-likeness (QED) is 0.427. The summed E-state index contributed by atoms with van der Waals surface area (Å²) in [5, 5.41) is 9.53.